The Morgan fingerprint density at radius 2 is 2.14 bits per heavy atom. The highest BCUT2D eigenvalue weighted by molar-refractivity contribution is 6.35. The number of halogens is 1. The summed E-state index contributed by atoms with van der Waals surface area (Å²) in [6.07, 6.45) is 0. The van der Waals surface area contributed by atoms with E-state index >= 15 is 0 Å². The van der Waals surface area contributed by atoms with E-state index in [9.17, 15) is 0 Å². The largest absolute Gasteiger partial charge is 0.325 e. The van der Waals surface area contributed by atoms with Gasteiger partial charge in [-0.15, -0.1) is 0 Å². The summed E-state index contributed by atoms with van der Waals surface area (Å²) in [4.78, 5) is 0. The van der Waals surface area contributed by atoms with Crippen LogP contribution in [0.2, 0.25) is 5.02 Å². The lowest BCUT2D eigenvalue weighted by atomic mass is 10.1. The average Bonchev–Trinajstić information content (AvgIpc) is 2.18. The minimum atomic E-state index is 0.315. The van der Waals surface area contributed by atoms with E-state index in [1.54, 1.807) is 0 Å². The van der Waals surface area contributed by atoms with Gasteiger partial charge in [0.2, 0.25) is 0 Å². The molecule has 0 unspecified atom stereocenters. The molecule has 2 N–H and O–H groups in total. The van der Waals surface area contributed by atoms with Crippen LogP contribution in [-0.4, -0.2) is 10.2 Å². The van der Waals surface area contributed by atoms with Crippen molar-refractivity contribution in [3.05, 3.63) is 34.5 Å². The molecule has 72 valence electrons. The first-order valence-electron chi connectivity index (χ1n) is 4.34. The Labute approximate surface area is 86.9 Å². The predicted molar refractivity (Wildman–Crippen MR) is 57.2 cm³/mol. The number of benzene rings is 1. The Morgan fingerprint density at radius 1 is 1.36 bits per heavy atom. The summed E-state index contributed by atoms with van der Waals surface area (Å²) in [5.41, 5.74) is 8.08. The van der Waals surface area contributed by atoms with Crippen molar-refractivity contribution in [1.82, 2.24) is 10.2 Å². The van der Waals surface area contributed by atoms with E-state index in [1.807, 2.05) is 25.1 Å². The molecule has 0 fully saturated rings. The van der Waals surface area contributed by atoms with Crippen molar-refractivity contribution in [3.63, 3.8) is 0 Å². The van der Waals surface area contributed by atoms with Crippen LogP contribution >= 0.6 is 11.6 Å². The van der Waals surface area contributed by atoms with E-state index in [4.69, 9.17) is 17.3 Å². The number of nitrogens with two attached hydrogens (primary N) is 1. The van der Waals surface area contributed by atoms with E-state index in [1.165, 1.54) is 0 Å². The van der Waals surface area contributed by atoms with Crippen molar-refractivity contribution in [2.75, 3.05) is 0 Å². The van der Waals surface area contributed by atoms with Gasteiger partial charge in [0.25, 0.3) is 0 Å². The maximum atomic E-state index is 6.11. The van der Waals surface area contributed by atoms with Gasteiger partial charge in [0.05, 0.1) is 16.2 Å². The van der Waals surface area contributed by atoms with Crippen molar-refractivity contribution in [3.8, 4) is 0 Å². The molecule has 0 aliphatic rings. The van der Waals surface area contributed by atoms with Crippen LogP contribution in [-0.2, 0) is 6.54 Å². The average molecular weight is 208 g/mol. The Balaban J connectivity index is 2.77. The fraction of sp³-hybridized carbons (Fsp3) is 0.200. The fourth-order valence-electron chi connectivity index (χ4n) is 1.35. The van der Waals surface area contributed by atoms with Gasteiger partial charge >= 0.3 is 0 Å². The van der Waals surface area contributed by atoms with Crippen molar-refractivity contribution in [2.24, 2.45) is 5.73 Å². The standard InChI is InChI=1S/C10H10ClN3/c1-6-2-3-7-8(4-6)13-14-9(5-12)10(7)11/h2-4H,5,12H2,1H3. The molecule has 2 aromatic rings. The third-order valence-electron chi connectivity index (χ3n) is 2.11. The molecular formula is C10H10ClN3. The number of hydrogen-bond acceptors (Lipinski definition) is 3. The monoisotopic (exact) mass is 207 g/mol. The van der Waals surface area contributed by atoms with E-state index in [-0.39, 0.29) is 0 Å². The first-order valence-corrected chi connectivity index (χ1v) is 4.71. The number of hydrogen-bond donors (Lipinski definition) is 1. The summed E-state index contributed by atoms with van der Waals surface area (Å²) >= 11 is 6.11. The minimum Gasteiger partial charge on any atom is -0.325 e. The summed E-state index contributed by atoms with van der Waals surface area (Å²) in [7, 11) is 0. The highest BCUT2D eigenvalue weighted by Crippen LogP contribution is 2.24. The molecule has 0 atom stereocenters. The Bertz CT molecular complexity index is 482. The zero-order chi connectivity index (χ0) is 10.1. The molecule has 4 heteroatoms. The van der Waals surface area contributed by atoms with E-state index < -0.39 is 0 Å². The van der Waals surface area contributed by atoms with Crippen LogP contribution in [0.3, 0.4) is 0 Å². The Kier molecular flexibility index (Phi) is 2.35. The predicted octanol–water partition coefficient (Wildman–Crippen LogP) is 2.05. The van der Waals surface area contributed by atoms with Gasteiger partial charge in [0.15, 0.2) is 0 Å². The molecule has 14 heavy (non-hydrogen) atoms. The van der Waals surface area contributed by atoms with Crippen LogP contribution in [0.25, 0.3) is 10.9 Å². The van der Waals surface area contributed by atoms with Gasteiger partial charge in [-0.25, -0.2) is 0 Å². The van der Waals surface area contributed by atoms with E-state index in [2.05, 4.69) is 10.2 Å². The fourth-order valence-corrected chi connectivity index (χ4v) is 1.63. The molecule has 0 saturated heterocycles. The molecule has 2 rings (SSSR count). The topological polar surface area (TPSA) is 51.8 Å². The molecule has 1 aromatic heterocycles. The van der Waals surface area contributed by atoms with Crippen LogP contribution in [0.1, 0.15) is 11.3 Å². The van der Waals surface area contributed by atoms with Crippen molar-refractivity contribution in [2.45, 2.75) is 13.5 Å². The molecule has 0 bridgehead atoms. The van der Waals surface area contributed by atoms with Gasteiger partial charge in [-0.1, -0.05) is 23.7 Å². The lowest BCUT2D eigenvalue weighted by Crippen LogP contribution is -2.02. The summed E-state index contributed by atoms with van der Waals surface area (Å²) in [6.45, 7) is 2.32. The zero-order valence-corrected chi connectivity index (χ0v) is 8.54. The van der Waals surface area contributed by atoms with E-state index in [0.717, 1.165) is 16.5 Å². The number of rotatable bonds is 1. The maximum Gasteiger partial charge on any atom is 0.0959 e. The molecule has 0 amide bonds. The molecule has 1 heterocycles. The summed E-state index contributed by atoms with van der Waals surface area (Å²) in [5, 5.41) is 9.54. The quantitative estimate of drug-likeness (QED) is 0.779. The van der Waals surface area contributed by atoms with Crippen LogP contribution < -0.4 is 5.73 Å². The second kappa shape index (κ2) is 3.52. The zero-order valence-electron chi connectivity index (χ0n) is 7.79. The summed E-state index contributed by atoms with van der Waals surface area (Å²) in [5.74, 6) is 0. The smallest absolute Gasteiger partial charge is 0.0959 e. The summed E-state index contributed by atoms with van der Waals surface area (Å²) in [6, 6.07) is 5.89. The maximum absolute atomic E-state index is 6.11. The lowest BCUT2D eigenvalue weighted by Gasteiger charge is -2.03. The number of fused-ring (bicyclic) bond motifs is 1. The Morgan fingerprint density at radius 3 is 2.86 bits per heavy atom. The second-order valence-electron chi connectivity index (χ2n) is 3.19. The normalized spacial score (nSPS) is 10.8. The SMILES string of the molecule is Cc1ccc2c(Cl)c(CN)nnc2c1. The molecule has 3 nitrogen and oxygen atoms in total. The van der Waals surface area contributed by atoms with Crippen molar-refractivity contribution < 1.29 is 0 Å². The molecular weight excluding hydrogens is 198 g/mol. The number of aromatic nitrogens is 2. The van der Waals surface area contributed by atoms with Crippen LogP contribution in [0, 0.1) is 6.92 Å². The van der Waals surface area contributed by atoms with Gasteiger partial charge in [0, 0.05) is 11.9 Å². The number of nitrogens with zero attached hydrogens (tertiary/aromatic N) is 2. The van der Waals surface area contributed by atoms with E-state index in [0.29, 0.717) is 17.3 Å². The van der Waals surface area contributed by atoms with Crippen LogP contribution in [0.4, 0.5) is 0 Å². The van der Waals surface area contributed by atoms with Gasteiger partial charge < -0.3 is 5.73 Å². The van der Waals surface area contributed by atoms with Gasteiger partial charge in [-0.2, -0.15) is 10.2 Å². The third-order valence-corrected chi connectivity index (χ3v) is 2.54. The highest BCUT2D eigenvalue weighted by atomic mass is 35.5. The first kappa shape index (κ1) is 9.37. The van der Waals surface area contributed by atoms with Crippen LogP contribution in [0.15, 0.2) is 18.2 Å². The number of aryl methyl sites for hydroxylation is 1. The highest BCUT2D eigenvalue weighted by Gasteiger charge is 2.06. The molecule has 0 radical (unpaired) electrons. The second-order valence-corrected chi connectivity index (χ2v) is 3.56. The molecule has 1 aromatic carbocycles. The van der Waals surface area contributed by atoms with Gasteiger partial charge in [-0.05, 0) is 18.6 Å². The first-order chi connectivity index (χ1) is 6.72. The summed E-state index contributed by atoms with van der Waals surface area (Å²) < 4.78 is 0. The van der Waals surface area contributed by atoms with Gasteiger partial charge in [0.1, 0.15) is 0 Å². The van der Waals surface area contributed by atoms with Crippen molar-refractivity contribution >= 4 is 22.5 Å². The third kappa shape index (κ3) is 1.45. The molecule has 0 spiro atoms. The molecule has 0 aliphatic carbocycles. The lowest BCUT2D eigenvalue weighted by molar-refractivity contribution is 0.920. The Hall–Kier alpha value is -1.19. The van der Waals surface area contributed by atoms with Gasteiger partial charge in [-0.3, -0.25) is 0 Å². The molecule has 0 aliphatic heterocycles. The van der Waals surface area contributed by atoms with Crippen molar-refractivity contribution in [1.29, 1.82) is 0 Å². The molecule has 0 saturated carbocycles. The van der Waals surface area contributed by atoms with Crippen LogP contribution in [0.5, 0.6) is 0 Å². The minimum absolute atomic E-state index is 0.315.